The molecule has 0 bridgehead atoms. The number of ether oxygens (including phenoxy) is 1. The molecular formula is C9H10N2O3. The zero-order valence-corrected chi connectivity index (χ0v) is 8.03. The summed E-state index contributed by atoms with van der Waals surface area (Å²) in [6.07, 6.45) is 3.00. The molecule has 0 aromatic carbocycles. The summed E-state index contributed by atoms with van der Waals surface area (Å²) in [5.74, 6) is -1.42. The molecule has 0 aromatic heterocycles. The fourth-order valence-electron chi connectivity index (χ4n) is 1.21. The Balaban J connectivity index is 3.05. The largest absolute Gasteiger partial charge is 0.330 e. The third-order valence-corrected chi connectivity index (χ3v) is 2.18. The molecule has 0 amide bonds. The zero-order chi connectivity index (χ0) is 10.6. The minimum absolute atomic E-state index is 0.295. The minimum Gasteiger partial charge on any atom is -0.330 e. The summed E-state index contributed by atoms with van der Waals surface area (Å²) >= 11 is 0. The lowest BCUT2D eigenvalue weighted by Crippen LogP contribution is -2.32. The molecule has 74 valence electrons. The molecule has 5 nitrogen and oxygen atoms in total. The van der Waals surface area contributed by atoms with Gasteiger partial charge in [-0.05, 0) is 19.4 Å². The maximum absolute atomic E-state index is 10.2. The van der Waals surface area contributed by atoms with Gasteiger partial charge >= 0.3 is 0 Å². The normalized spacial score (nSPS) is 26.4. The second-order valence-corrected chi connectivity index (χ2v) is 3.18. The van der Waals surface area contributed by atoms with Crippen LogP contribution in [0.1, 0.15) is 20.3 Å². The lowest BCUT2D eigenvalue weighted by atomic mass is 10.0. The van der Waals surface area contributed by atoms with Gasteiger partial charge < -0.3 is 4.74 Å². The highest BCUT2D eigenvalue weighted by Crippen LogP contribution is 2.30. The zero-order valence-electron chi connectivity index (χ0n) is 8.03. The third kappa shape index (κ3) is 2.03. The number of hydrogen-bond acceptors (Lipinski definition) is 5. The van der Waals surface area contributed by atoms with Crippen LogP contribution < -0.4 is 0 Å². The first kappa shape index (κ1) is 10.5. The molecule has 0 unspecified atom stereocenters. The first-order valence-electron chi connectivity index (χ1n) is 4.11. The van der Waals surface area contributed by atoms with Crippen LogP contribution >= 0.6 is 0 Å². The second-order valence-electron chi connectivity index (χ2n) is 3.18. The van der Waals surface area contributed by atoms with Gasteiger partial charge in [-0.1, -0.05) is 5.57 Å². The van der Waals surface area contributed by atoms with Gasteiger partial charge in [0.25, 0.3) is 5.85 Å². The molecule has 0 saturated heterocycles. The second kappa shape index (κ2) is 4.11. The molecule has 0 spiro atoms. The monoisotopic (exact) mass is 194 g/mol. The molecule has 0 saturated carbocycles. The van der Waals surface area contributed by atoms with Gasteiger partial charge in [-0.3, -0.25) is 0 Å². The molecule has 0 radical (unpaired) electrons. The maximum atomic E-state index is 10.2. The first-order valence-corrected chi connectivity index (χ1v) is 4.11. The van der Waals surface area contributed by atoms with E-state index in [1.54, 1.807) is 0 Å². The molecule has 1 rings (SSSR count). The van der Waals surface area contributed by atoms with Gasteiger partial charge in [0.15, 0.2) is 0 Å². The van der Waals surface area contributed by atoms with Gasteiger partial charge in [0.2, 0.25) is 12.2 Å². The number of hydrogen-bond donors (Lipinski definition) is 0. The van der Waals surface area contributed by atoms with Crippen LogP contribution in [0, 0.1) is 0 Å². The number of isocyanates is 2. The number of nitrogens with zero attached hydrogens (tertiary/aromatic N) is 2. The van der Waals surface area contributed by atoms with Crippen LogP contribution in [0.3, 0.4) is 0 Å². The third-order valence-electron chi connectivity index (χ3n) is 2.18. The molecule has 1 aliphatic heterocycles. The Morgan fingerprint density at radius 3 is 2.21 bits per heavy atom. The van der Waals surface area contributed by atoms with Crippen molar-refractivity contribution in [1.82, 2.24) is 0 Å². The van der Waals surface area contributed by atoms with E-state index in [-0.39, 0.29) is 0 Å². The van der Waals surface area contributed by atoms with E-state index in [1.165, 1.54) is 12.2 Å². The van der Waals surface area contributed by atoms with Crippen molar-refractivity contribution in [3.05, 3.63) is 11.1 Å². The summed E-state index contributed by atoms with van der Waals surface area (Å²) in [7, 11) is 0. The van der Waals surface area contributed by atoms with Crippen molar-refractivity contribution in [3.63, 3.8) is 0 Å². The summed E-state index contributed by atoms with van der Waals surface area (Å²) in [5.41, 5.74) is 2.07. The van der Waals surface area contributed by atoms with Crippen LogP contribution in [0.25, 0.3) is 0 Å². The quantitative estimate of drug-likeness (QED) is 0.375. The van der Waals surface area contributed by atoms with Gasteiger partial charge in [-0.2, -0.15) is 0 Å². The lowest BCUT2D eigenvalue weighted by Gasteiger charge is -2.28. The highest BCUT2D eigenvalue weighted by atomic mass is 16.5. The van der Waals surface area contributed by atoms with Gasteiger partial charge in [-0.25, -0.2) is 9.59 Å². The van der Waals surface area contributed by atoms with E-state index in [9.17, 15) is 9.59 Å². The molecular weight excluding hydrogens is 184 g/mol. The fourth-order valence-corrected chi connectivity index (χ4v) is 1.21. The molecule has 0 aromatic rings. The lowest BCUT2D eigenvalue weighted by molar-refractivity contribution is -0.0297. The SMILES string of the molecule is CC1=C(C)CC(N=C=O)(N=C=O)OC1. The summed E-state index contributed by atoms with van der Waals surface area (Å²) < 4.78 is 5.21. The molecule has 1 heterocycles. The van der Waals surface area contributed by atoms with Gasteiger partial charge in [0, 0.05) is 6.42 Å². The Morgan fingerprint density at radius 2 is 1.79 bits per heavy atom. The van der Waals surface area contributed by atoms with E-state index < -0.39 is 5.85 Å². The Kier molecular flexibility index (Phi) is 3.10. The molecule has 5 heteroatoms. The van der Waals surface area contributed by atoms with Crippen LogP contribution in [0.2, 0.25) is 0 Å². The predicted molar refractivity (Wildman–Crippen MR) is 47.9 cm³/mol. The van der Waals surface area contributed by atoms with E-state index >= 15 is 0 Å². The Hall–Kier alpha value is -1.54. The van der Waals surface area contributed by atoms with E-state index in [0.29, 0.717) is 13.0 Å². The predicted octanol–water partition coefficient (Wildman–Crippen LogP) is 1.07. The highest BCUT2D eigenvalue weighted by Gasteiger charge is 2.34. The standard InChI is InChI=1S/C9H10N2O3/c1-7-3-9(10-5-12,11-6-13)14-4-8(7)2/h3-4H2,1-2H3. The van der Waals surface area contributed by atoms with Gasteiger partial charge in [0.1, 0.15) is 0 Å². The Bertz CT molecular complexity index is 342. The van der Waals surface area contributed by atoms with Crippen molar-refractivity contribution < 1.29 is 14.3 Å². The van der Waals surface area contributed by atoms with E-state index in [0.717, 1.165) is 11.1 Å². The molecule has 0 atom stereocenters. The van der Waals surface area contributed by atoms with Crippen LogP contribution in [0.5, 0.6) is 0 Å². The average molecular weight is 194 g/mol. The fraction of sp³-hybridized carbons (Fsp3) is 0.556. The number of carbonyl (C=O) groups excluding carboxylic acids is 2. The van der Waals surface area contributed by atoms with Gasteiger partial charge in [-0.15, -0.1) is 9.98 Å². The van der Waals surface area contributed by atoms with Gasteiger partial charge in [0.05, 0.1) is 6.61 Å². The molecule has 14 heavy (non-hydrogen) atoms. The maximum Gasteiger partial charge on any atom is 0.282 e. The van der Waals surface area contributed by atoms with Crippen molar-refractivity contribution in [2.24, 2.45) is 9.98 Å². The Morgan fingerprint density at radius 1 is 1.21 bits per heavy atom. The minimum atomic E-state index is -1.42. The van der Waals surface area contributed by atoms with Crippen molar-refractivity contribution in [1.29, 1.82) is 0 Å². The summed E-state index contributed by atoms with van der Waals surface area (Å²) in [4.78, 5) is 27.1. The van der Waals surface area contributed by atoms with Crippen LogP contribution in [0.4, 0.5) is 0 Å². The van der Waals surface area contributed by atoms with Crippen molar-refractivity contribution >= 4 is 12.2 Å². The molecule has 1 aliphatic rings. The summed E-state index contributed by atoms with van der Waals surface area (Å²) in [5, 5.41) is 0. The topological polar surface area (TPSA) is 68.1 Å². The summed E-state index contributed by atoms with van der Waals surface area (Å²) in [6, 6.07) is 0. The van der Waals surface area contributed by atoms with E-state index in [1.807, 2.05) is 13.8 Å². The summed E-state index contributed by atoms with van der Waals surface area (Å²) in [6.45, 7) is 4.10. The van der Waals surface area contributed by atoms with Crippen LogP contribution in [-0.4, -0.2) is 24.6 Å². The number of aliphatic imine (C=N–C) groups is 2. The average Bonchev–Trinajstić information content (AvgIpc) is 2.13. The highest BCUT2D eigenvalue weighted by molar-refractivity contribution is 5.39. The van der Waals surface area contributed by atoms with Crippen LogP contribution in [0.15, 0.2) is 21.1 Å². The molecule has 0 N–H and O–H groups in total. The van der Waals surface area contributed by atoms with E-state index in [4.69, 9.17) is 4.74 Å². The first-order chi connectivity index (χ1) is 6.63. The van der Waals surface area contributed by atoms with Crippen LogP contribution in [-0.2, 0) is 14.3 Å². The Labute approximate surface area is 81.2 Å². The smallest absolute Gasteiger partial charge is 0.282 e. The van der Waals surface area contributed by atoms with Crippen molar-refractivity contribution in [2.75, 3.05) is 6.61 Å². The number of rotatable bonds is 2. The van der Waals surface area contributed by atoms with Crippen molar-refractivity contribution in [2.45, 2.75) is 26.1 Å². The molecule has 0 fully saturated rings. The molecule has 0 aliphatic carbocycles. The van der Waals surface area contributed by atoms with E-state index in [2.05, 4.69) is 9.98 Å². The van der Waals surface area contributed by atoms with Crippen molar-refractivity contribution in [3.8, 4) is 0 Å².